The average molecular weight is 277 g/mol. The monoisotopic (exact) mass is 276 g/mol. The third kappa shape index (κ3) is 5.73. The fourth-order valence-electron chi connectivity index (χ4n) is 2.18. The van der Waals surface area contributed by atoms with Crippen LogP contribution in [0.2, 0.25) is 0 Å². The van der Waals surface area contributed by atoms with Gasteiger partial charge in [-0.1, -0.05) is 30.3 Å². The van der Waals surface area contributed by atoms with Gasteiger partial charge in [0.2, 0.25) is 0 Å². The standard InChI is InChI=1S/C13H20N2.2ClH/c14-12-6-8-13(9-7-12)15-10-11-4-2-1-3-5-11;;/h1-5,12-13,15H,6-10,14H2;2*1H. The fraction of sp³-hybridized carbons (Fsp3) is 0.538. The van der Waals surface area contributed by atoms with Gasteiger partial charge in [0.05, 0.1) is 0 Å². The molecule has 1 aliphatic carbocycles. The zero-order chi connectivity index (χ0) is 10.5. The average Bonchev–Trinajstić information content (AvgIpc) is 2.30. The molecule has 0 aliphatic heterocycles. The normalized spacial score (nSPS) is 23.4. The Labute approximate surface area is 116 Å². The van der Waals surface area contributed by atoms with Gasteiger partial charge in [0, 0.05) is 18.6 Å². The van der Waals surface area contributed by atoms with Crippen molar-refractivity contribution < 1.29 is 0 Å². The van der Waals surface area contributed by atoms with E-state index < -0.39 is 0 Å². The molecule has 98 valence electrons. The van der Waals surface area contributed by atoms with E-state index in [0.29, 0.717) is 12.1 Å². The molecule has 0 unspecified atom stereocenters. The summed E-state index contributed by atoms with van der Waals surface area (Å²) in [7, 11) is 0. The second kappa shape index (κ2) is 8.76. The van der Waals surface area contributed by atoms with Crippen molar-refractivity contribution in [2.45, 2.75) is 44.3 Å². The highest BCUT2D eigenvalue weighted by Crippen LogP contribution is 2.17. The Bertz CT molecular complexity index is 285. The first-order valence-corrected chi connectivity index (χ1v) is 5.87. The van der Waals surface area contributed by atoms with Crippen molar-refractivity contribution in [3.63, 3.8) is 0 Å². The summed E-state index contributed by atoms with van der Waals surface area (Å²) in [6.45, 7) is 0.987. The van der Waals surface area contributed by atoms with Crippen molar-refractivity contribution in [1.82, 2.24) is 5.32 Å². The van der Waals surface area contributed by atoms with Crippen LogP contribution in [0.15, 0.2) is 30.3 Å². The molecule has 3 N–H and O–H groups in total. The summed E-state index contributed by atoms with van der Waals surface area (Å²) < 4.78 is 0. The molecule has 0 saturated heterocycles. The van der Waals surface area contributed by atoms with Crippen molar-refractivity contribution in [3.8, 4) is 0 Å². The van der Waals surface area contributed by atoms with Crippen LogP contribution in [0.1, 0.15) is 31.2 Å². The maximum atomic E-state index is 5.88. The smallest absolute Gasteiger partial charge is 0.0208 e. The summed E-state index contributed by atoms with van der Waals surface area (Å²) in [4.78, 5) is 0. The second-order valence-electron chi connectivity index (χ2n) is 4.48. The van der Waals surface area contributed by atoms with E-state index in [-0.39, 0.29) is 24.8 Å². The number of halogens is 2. The maximum absolute atomic E-state index is 5.88. The van der Waals surface area contributed by atoms with Crippen molar-refractivity contribution in [1.29, 1.82) is 0 Å². The number of nitrogens with two attached hydrogens (primary N) is 1. The second-order valence-corrected chi connectivity index (χ2v) is 4.48. The lowest BCUT2D eigenvalue weighted by molar-refractivity contribution is 0.342. The number of nitrogens with one attached hydrogen (secondary N) is 1. The fourth-order valence-corrected chi connectivity index (χ4v) is 2.18. The number of rotatable bonds is 3. The molecule has 4 heteroatoms. The van der Waals surface area contributed by atoms with E-state index in [1.54, 1.807) is 0 Å². The van der Waals surface area contributed by atoms with E-state index in [2.05, 4.69) is 35.6 Å². The minimum atomic E-state index is 0. The van der Waals surface area contributed by atoms with Crippen LogP contribution < -0.4 is 11.1 Å². The predicted octanol–water partition coefficient (Wildman–Crippen LogP) is 2.89. The van der Waals surface area contributed by atoms with Gasteiger partial charge in [0.1, 0.15) is 0 Å². The van der Waals surface area contributed by atoms with Gasteiger partial charge in [-0.3, -0.25) is 0 Å². The molecule has 0 heterocycles. The summed E-state index contributed by atoms with van der Waals surface area (Å²) in [5, 5.41) is 3.60. The van der Waals surface area contributed by atoms with Crippen LogP contribution >= 0.6 is 24.8 Å². The molecule has 2 rings (SSSR count). The van der Waals surface area contributed by atoms with Crippen LogP contribution in [0.3, 0.4) is 0 Å². The molecule has 1 aliphatic rings. The first-order chi connectivity index (χ1) is 7.34. The van der Waals surface area contributed by atoms with E-state index in [0.717, 1.165) is 6.54 Å². The van der Waals surface area contributed by atoms with Gasteiger partial charge in [0.25, 0.3) is 0 Å². The Morgan fingerprint density at radius 2 is 1.59 bits per heavy atom. The summed E-state index contributed by atoms with van der Waals surface area (Å²) in [5.41, 5.74) is 7.24. The molecular formula is C13H22Cl2N2. The molecule has 0 radical (unpaired) electrons. The van der Waals surface area contributed by atoms with Crippen LogP contribution in [-0.4, -0.2) is 12.1 Å². The molecule has 0 atom stereocenters. The van der Waals surface area contributed by atoms with Gasteiger partial charge in [-0.2, -0.15) is 0 Å². The maximum Gasteiger partial charge on any atom is 0.0208 e. The topological polar surface area (TPSA) is 38.0 Å². The largest absolute Gasteiger partial charge is 0.328 e. The quantitative estimate of drug-likeness (QED) is 0.891. The van der Waals surface area contributed by atoms with E-state index in [1.165, 1.54) is 31.2 Å². The molecule has 2 nitrogen and oxygen atoms in total. The van der Waals surface area contributed by atoms with Gasteiger partial charge >= 0.3 is 0 Å². The van der Waals surface area contributed by atoms with Gasteiger partial charge < -0.3 is 11.1 Å². The minimum absolute atomic E-state index is 0. The molecular weight excluding hydrogens is 255 g/mol. The third-order valence-corrected chi connectivity index (χ3v) is 3.21. The highest BCUT2D eigenvalue weighted by molar-refractivity contribution is 5.85. The van der Waals surface area contributed by atoms with Crippen LogP contribution in [0.5, 0.6) is 0 Å². The van der Waals surface area contributed by atoms with Crippen molar-refractivity contribution in [2.24, 2.45) is 5.73 Å². The Kier molecular flexibility index (Phi) is 8.61. The van der Waals surface area contributed by atoms with Crippen LogP contribution in [-0.2, 0) is 6.54 Å². The Morgan fingerprint density at radius 1 is 1.00 bits per heavy atom. The molecule has 17 heavy (non-hydrogen) atoms. The van der Waals surface area contributed by atoms with Crippen molar-refractivity contribution >= 4 is 24.8 Å². The first kappa shape index (κ1) is 16.7. The Hall–Kier alpha value is -0.280. The third-order valence-electron chi connectivity index (χ3n) is 3.21. The van der Waals surface area contributed by atoms with Crippen LogP contribution in [0.4, 0.5) is 0 Å². The highest BCUT2D eigenvalue weighted by Gasteiger charge is 2.17. The van der Waals surface area contributed by atoms with E-state index in [9.17, 15) is 0 Å². The Balaban J connectivity index is 0.00000128. The van der Waals surface area contributed by atoms with Crippen molar-refractivity contribution in [2.75, 3.05) is 0 Å². The molecule has 0 spiro atoms. The number of hydrogen-bond donors (Lipinski definition) is 2. The lowest BCUT2D eigenvalue weighted by Crippen LogP contribution is -2.36. The highest BCUT2D eigenvalue weighted by atomic mass is 35.5. The SMILES string of the molecule is Cl.Cl.NC1CCC(NCc2ccccc2)CC1. The van der Waals surface area contributed by atoms with Crippen LogP contribution in [0.25, 0.3) is 0 Å². The summed E-state index contributed by atoms with van der Waals surface area (Å²) in [6, 6.07) is 11.7. The Morgan fingerprint density at radius 3 is 2.18 bits per heavy atom. The molecule has 1 saturated carbocycles. The zero-order valence-corrected chi connectivity index (χ0v) is 11.6. The number of hydrogen-bond acceptors (Lipinski definition) is 2. The summed E-state index contributed by atoms with van der Waals surface area (Å²) in [6.07, 6.45) is 4.81. The predicted molar refractivity (Wildman–Crippen MR) is 78.0 cm³/mol. The molecule has 1 aromatic rings. The first-order valence-electron chi connectivity index (χ1n) is 5.87. The zero-order valence-electron chi connectivity index (χ0n) is 9.97. The van der Waals surface area contributed by atoms with Gasteiger partial charge in [0.15, 0.2) is 0 Å². The molecule has 1 aromatic carbocycles. The number of benzene rings is 1. The lowest BCUT2D eigenvalue weighted by Gasteiger charge is -2.26. The van der Waals surface area contributed by atoms with Gasteiger partial charge in [-0.15, -0.1) is 24.8 Å². The summed E-state index contributed by atoms with van der Waals surface area (Å²) >= 11 is 0. The molecule has 1 fully saturated rings. The van der Waals surface area contributed by atoms with E-state index >= 15 is 0 Å². The summed E-state index contributed by atoms with van der Waals surface area (Å²) in [5.74, 6) is 0. The van der Waals surface area contributed by atoms with Crippen LogP contribution in [0, 0.1) is 0 Å². The molecule has 0 amide bonds. The van der Waals surface area contributed by atoms with E-state index in [1.807, 2.05) is 0 Å². The van der Waals surface area contributed by atoms with E-state index in [4.69, 9.17) is 5.73 Å². The minimum Gasteiger partial charge on any atom is -0.328 e. The lowest BCUT2D eigenvalue weighted by atomic mass is 9.92. The van der Waals surface area contributed by atoms with Gasteiger partial charge in [-0.25, -0.2) is 0 Å². The molecule has 0 bridgehead atoms. The van der Waals surface area contributed by atoms with Crippen molar-refractivity contribution in [3.05, 3.63) is 35.9 Å². The van der Waals surface area contributed by atoms with Gasteiger partial charge in [-0.05, 0) is 31.2 Å². The molecule has 0 aromatic heterocycles.